The van der Waals surface area contributed by atoms with Crippen molar-refractivity contribution in [3.8, 4) is 0 Å². The molecule has 0 aromatic heterocycles. The van der Waals surface area contributed by atoms with Crippen molar-refractivity contribution in [2.75, 3.05) is 6.54 Å². The Hall–Kier alpha value is -1.12. The lowest BCUT2D eigenvalue weighted by atomic mass is 10.1. The second-order valence-electron chi connectivity index (χ2n) is 4.70. The van der Waals surface area contributed by atoms with E-state index in [9.17, 15) is 26.7 Å². The average Bonchev–Trinajstić information content (AvgIpc) is 2.34. The summed E-state index contributed by atoms with van der Waals surface area (Å²) in [4.78, 5) is -0.701. The molecule has 0 aliphatic carbocycles. The summed E-state index contributed by atoms with van der Waals surface area (Å²) in [6.45, 7) is 3.44. The number of hydrogen-bond donors (Lipinski definition) is 2. The van der Waals surface area contributed by atoms with Gasteiger partial charge in [0.2, 0.25) is 10.0 Å². The number of halogens is 3. The summed E-state index contributed by atoms with van der Waals surface area (Å²) in [6, 6.07) is 0.805. The highest BCUT2D eigenvalue weighted by molar-refractivity contribution is 7.89. The first-order valence-electron chi connectivity index (χ1n) is 5.97. The third-order valence-corrected chi connectivity index (χ3v) is 4.21. The van der Waals surface area contributed by atoms with Gasteiger partial charge in [-0.25, -0.2) is 26.3 Å². The van der Waals surface area contributed by atoms with E-state index >= 15 is 0 Å². The third kappa shape index (κ3) is 4.19. The Kier molecular flexibility index (Phi) is 5.55. The molecule has 0 bridgehead atoms. The van der Waals surface area contributed by atoms with Gasteiger partial charge in [-0.1, -0.05) is 13.8 Å². The number of aliphatic hydroxyl groups is 1. The first kappa shape index (κ1) is 16.9. The lowest BCUT2D eigenvalue weighted by Gasteiger charge is -2.14. The van der Waals surface area contributed by atoms with Crippen LogP contribution in [-0.4, -0.2) is 26.2 Å². The highest BCUT2D eigenvalue weighted by Gasteiger charge is 2.20. The summed E-state index contributed by atoms with van der Waals surface area (Å²) >= 11 is 0. The monoisotopic (exact) mass is 311 g/mol. The van der Waals surface area contributed by atoms with Crippen LogP contribution in [0.3, 0.4) is 0 Å². The first-order chi connectivity index (χ1) is 9.15. The second kappa shape index (κ2) is 6.55. The second-order valence-corrected chi connectivity index (χ2v) is 6.47. The molecular formula is C12H16F3NO3S. The quantitative estimate of drug-likeness (QED) is 0.787. The summed E-state index contributed by atoms with van der Waals surface area (Å²) < 4.78 is 64.3. The van der Waals surface area contributed by atoms with Crippen molar-refractivity contribution >= 4 is 10.0 Å². The molecule has 4 nitrogen and oxygen atoms in total. The zero-order chi connectivity index (χ0) is 15.5. The van der Waals surface area contributed by atoms with Crippen molar-refractivity contribution in [2.24, 2.45) is 5.92 Å². The van der Waals surface area contributed by atoms with Gasteiger partial charge in [-0.15, -0.1) is 0 Å². The third-order valence-electron chi connectivity index (χ3n) is 2.77. The molecule has 0 saturated carbocycles. The van der Waals surface area contributed by atoms with Crippen LogP contribution in [0, 0.1) is 23.4 Å². The zero-order valence-corrected chi connectivity index (χ0v) is 11.8. The van der Waals surface area contributed by atoms with Crippen molar-refractivity contribution in [1.82, 2.24) is 4.72 Å². The van der Waals surface area contributed by atoms with E-state index in [-0.39, 0.29) is 18.9 Å². The van der Waals surface area contributed by atoms with Gasteiger partial charge in [-0.05, 0) is 24.5 Å². The largest absolute Gasteiger partial charge is 0.393 e. The van der Waals surface area contributed by atoms with Crippen LogP contribution < -0.4 is 4.72 Å². The van der Waals surface area contributed by atoms with Crippen LogP contribution in [0.5, 0.6) is 0 Å². The standard InChI is InChI=1S/C12H16F3NO3S/c1-7(2)11(17)3-4-16-20(18,19)8-5-9(13)12(15)10(14)6-8/h5-7,11,16-17H,3-4H2,1-2H3. The fourth-order valence-corrected chi connectivity index (χ4v) is 2.52. The Morgan fingerprint density at radius 3 is 2.15 bits per heavy atom. The van der Waals surface area contributed by atoms with Crippen molar-refractivity contribution in [3.63, 3.8) is 0 Å². The van der Waals surface area contributed by atoms with Crippen LogP contribution in [0.2, 0.25) is 0 Å². The molecule has 114 valence electrons. The molecule has 0 aliphatic rings. The van der Waals surface area contributed by atoms with Crippen LogP contribution in [-0.2, 0) is 10.0 Å². The van der Waals surface area contributed by atoms with Crippen LogP contribution in [0.25, 0.3) is 0 Å². The van der Waals surface area contributed by atoms with E-state index < -0.39 is 38.5 Å². The predicted molar refractivity (Wildman–Crippen MR) is 67.0 cm³/mol. The van der Waals surface area contributed by atoms with Gasteiger partial charge in [0, 0.05) is 6.54 Å². The number of nitrogens with one attached hydrogen (secondary N) is 1. The van der Waals surface area contributed by atoms with Gasteiger partial charge in [-0.2, -0.15) is 0 Å². The van der Waals surface area contributed by atoms with Gasteiger partial charge in [0.25, 0.3) is 0 Å². The molecule has 8 heteroatoms. The molecular weight excluding hydrogens is 295 g/mol. The molecule has 1 aromatic carbocycles. The summed E-state index contributed by atoms with van der Waals surface area (Å²) in [5.74, 6) is -4.92. The lowest BCUT2D eigenvalue weighted by Crippen LogP contribution is -2.29. The van der Waals surface area contributed by atoms with Crippen molar-refractivity contribution in [2.45, 2.75) is 31.3 Å². The average molecular weight is 311 g/mol. The van der Waals surface area contributed by atoms with Gasteiger partial charge < -0.3 is 5.11 Å². The molecule has 1 rings (SSSR count). The maximum Gasteiger partial charge on any atom is 0.240 e. The normalized spacial score (nSPS) is 13.8. The zero-order valence-electron chi connectivity index (χ0n) is 11.0. The molecule has 0 heterocycles. The van der Waals surface area contributed by atoms with Gasteiger partial charge in [0.05, 0.1) is 11.0 Å². The Balaban J connectivity index is 2.80. The van der Waals surface area contributed by atoms with E-state index in [0.29, 0.717) is 12.1 Å². The molecule has 1 unspecified atom stereocenters. The molecule has 1 atom stereocenters. The van der Waals surface area contributed by atoms with Gasteiger partial charge >= 0.3 is 0 Å². The minimum atomic E-state index is -4.15. The van der Waals surface area contributed by atoms with Crippen LogP contribution in [0.15, 0.2) is 17.0 Å². The van der Waals surface area contributed by atoms with Crippen molar-refractivity contribution in [3.05, 3.63) is 29.6 Å². The molecule has 0 fully saturated rings. The maximum atomic E-state index is 13.0. The first-order valence-corrected chi connectivity index (χ1v) is 7.45. The van der Waals surface area contributed by atoms with Crippen LogP contribution in [0.4, 0.5) is 13.2 Å². The van der Waals surface area contributed by atoms with Gasteiger partial charge in [0.1, 0.15) is 0 Å². The van der Waals surface area contributed by atoms with E-state index in [2.05, 4.69) is 4.72 Å². The Labute approximate surface area is 115 Å². The number of aliphatic hydroxyl groups excluding tert-OH is 1. The number of hydrogen-bond acceptors (Lipinski definition) is 3. The van der Waals surface area contributed by atoms with E-state index in [1.54, 1.807) is 13.8 Å². The smallest absolute Gasteiger partial charge is 0.240 e. The highest BCUT2D eigenvalue weighted by Crippen LogP contribution is 2.17. The summed E-state index contributed by atoms with van der Waals surface area (Å²) in [6.07, 6.45) is -0.539. The molecule has 2 N–H and O–H groups in total. The maximum absolute atomic E-state index is 13.0. The van der Waals surface area contributed by atoms with E-state index in [0.717, 1.165) is 0 Å². The molecule has 1 aromatic rings. The minimum Gasteiger partial charge on any atom is -0.393 e. The number of benzene rings is 1. The molecule has 0 amide bonds. The van der Waals surface area contributed by atoms with Crippen LogP contribution >= 0.6 is 0 Å². The van der Waals surface area contributed by atoms with Gasteiger partial charge in [0.15, 0.2) is 17.5 Å². The van der Waals surface area contributed by atoms with Crippen molar-refractivity contribution in [1.29, 1.82) is 0 Å². The van der Waals surface area contributed by atoms with E-state index in [1.165, 1.54) is 0 Å². The Bertz CT molecular complexity index is 552. The Morgan fingerprint density at radius 1 is 1.20 bits per heavy atom. The SMILES string of the molecule is CC(C)C(O)CCNS(=O)(=O)c1cc(F)c(F)c(F)c1. The Morgan fingerprint density at radius 2 is 1.70 bits per heavy atom. The predicted octanol–water partition coefficient (Wildman–Crippen LogP) is 1.79. The van der Waals surface area contributed by atoms with E-state index in [1.807, 2.05) is 0 Å². The summed E-state index contributed by atoms with van der Waals surface area (Å²) in [5, 5.41) is 9.51. The molecule has 0 radical (unpaired) electrons. The topological polar surface area (TPSA) is 66.4 Å². The summed E-state index contributed by atoms with van der Waals surface area (Å²) in [5.41, 5.74) is 0. The van der Waals surface area contributed by atoms with Gasteiger partial charge in [-0.3, -0.25) is 0 Å². The van der Waals surface area contributed by atoms with Crippen LogP contribution in [0.1, 0.15) is 20.3 Å². The molecule has 0 saturated heterocycles. The lowest BCUT2D eigenvalue weighted by molar-refractivity contribution is 0.118. The number of rotatable bonds is 6. The molecule has 20 heavy (non-hydrogen) atoms. The molecule has 0 aliphatic heterocycles. The minimum absolute atomic E-state index is 0.0415. The summed E-state index contributed by atoms with van der Waals surface area (Å²) in [7, 11) is -4.15. The van der Waals surface area contributed by atoms with E-state index in [4.69, 9.17) is 0 Å². The van der Waals surface area contributed by atoms with Crippen molar-refractivity contribution < 1.29 is 26.7 Å². The fourth-order valence-electron chi connectivity index (χ4n) is 1.45. The molecule has 0 spiro atoms. The highest BCUT2D eigenvalue weighted by atomic mass is 32.2. The number of sulfonamides is 1. The fraction of sp³-hybridized carbons (Fsp3) is 0.500.